The number of halogens is 1. The normalized spacial score (nSPS) is 12.1. The molecule has 0 aliphatic carbocycles. The molecule has 1 N–H and O–H groups in total. The fourth-order valence-corrected chi connectivity index (χ4v) is 2.55. The van der Waals surface area contributed by atoms with E-state index in [0.717, 1.165) is 5.56 Å². The van der Waals surface area contributed by atoms with Crippen molar-refractivity contribution >= 4 is 34.3 Å². The predicted molar refractivity (Wildman–Crippen MR) is 74.5 cm³/mol. The van der Waals surface area contributed by atoms with Crippen molar-refractivity contribution in [2.75, 3.05) is 5.32 Å². The zero-order chi connectivity index (χ0) is 13.1. The second kappa shape index (κ2) is 5.37. The van der Waals surface area contributed by atoms with E-state index in [1.165, 1.54) is 12.1 Å². The van der Waals surface area contributed by atoms with E-state index in [1.807, 2.05) is 23.8 Å². The summed E-state index contributed by atoms with van der Waals surface area (Å²) in [5.41, 5.74) is 1.56. The van der Waals surface area contributed by atoms with E-state index in [2.05, 4.69) is 5.32 Å². The molecule has 0 aliphatic heterocycles. The molecule has 0 fully saturated rings. The van der Waals surface area contributed by atoms with Crippen LogP contribution in [0.5, 0.6) is 0 Å². The molecule has 1 aromatic carbocycles. The minimum Gasteiger partial charge on any atom is -0.373 e. The van der Waals surface area contributed by atoms with E-state index in [1.54, 1.807) is 17.4 Å². The van der Waals surface area contributed by atoms with Crippen LogP contribution in [-0.2, 0) is 0 Å². The Bertz CT molecular complexity index is 557. The molecule has 94 valence electrons. The average molecular weight is 283 g/mol. The lowest BCUT2D eigenvalue weighted by molar-refractivity contribution is -0.384. The topological polar surface area (TPSA) is 55.2 Å². The average Bonchev–Trinajstić information content (AvgIpc) is 2.81. The van der Waals surface area contributed by atoms with Crippen molar-refractivity contribution in [3.05, 3.63) is 55.7 Å². The first-order valence-corrected chi connectivity index (χ1v) is 6.62. The highest BCUT2D eigenvalue weighted by Crippen LogP contribution is 2.31. The summed E-state index contributed by atoms with van der Waals surface area (Å²) in [4.78, 5) is 10.5. The maximum atomic E-state index is 10.9. The Morgan fingerprint density at radius 1 is 1.44 bits per heavy atom. The van der Waals surface area contributed by atoms with Crippen LogP contribution in [0.4, 0.5) is 11.4 Å². The third-order valence-electron chi connectivity index (χ3n) is 2.57. The molecule has 0 spiro atoms. The van der Waals surface area contributed by atoms with Crippen molar-refractivity contribution in [1.82, 2.24) is 0 Å². The molecule has 2 aromatic rings. The number of nitrogens with zero attached hydrogens (tertiary/aromatic N) is 1. The van der Waals surface area contributed by atoms with Crippen molar-refractivity contribution in [3.8, 4) is 0 Å². The number of nitro benzene ring substituents is 1. The summed E-state index contributed by atoms with van der Waals surface area (Å²) in [5, 5.41) is 18.5. The summed E-state index contributed by atoms with van der Waals surface area (Å²) in [6.45, 7) is 1.95. The van der Waals surface area contributed by atoms with Crippen molar-refractivity contribution < 1.29 is 4.92 Å². The molecule has 0 bridgehead atoms. The van der Waals surface area contributed by atoms with Crippen LogP contribution in [0.1, 0.15) is 18.5 Å². The third-order valence-corrected chi connectivity index (χ3v) is 3.51. The number of thiophene rings is 1. The molecule has 1 atom stereocenters. The van der Waals surface area contributed by atoms with Gasteiger partial charge < -0.3 is 5.32 Å². The molecule has 0 saturated carbocycles. The molecule has 1 aromatic heterocycles. The predicted octanol–water partition coefficient (Wildman–Crippen LogP) is 4.48. The molecule has 0 amide bonds. The van der Waals surface area contributed by atoms with Gasteiger partial charge in [-0.25, -0.2) is 0 Å². The summed E-state index contributed by atoms with van der Waals surface area (Å²) in [6.07, 6.45) is 0. The van der Waals surface area contributed by atoms with E-state index in [9.17, 15) is 10.1 Å². The Hall–Kier alpha value is -1.59. The third kappa shape index (κ3) is 2.80. The van der Waals surface area contributed by atoms with Crippen molar-refractivity contribution in [1.29, 1.82) is 0 Å². The Morgan fingerprint density at radius 3 is 2.83 bits per heavy atom. The van der Waals surface area contributed by atoms with Gasteiger partial charge in [0.2, 0.25) is 0 Å². The zero-order valence-electron chi connectivity index (χ0n) is 9.59. The second-order valence-electron chi connectivity index (χ2n) is 3.84. The first-order valence-electron chi connectivity index (χ1n) is 5.30. The fourth-order valence-electron chi connectivity index (χ4n) is 1.62. The number of nitrogens with one attached hydrogen (secondary N) is 1. The Balaban J connectivity index is 2.28. The molecule has 0 radical (unpaired) electrons. The summed E-state index contributed by atoms with van der Waals surface area (Å²) >= 11 is 7.46. The second-order valence-corrected chi connectivity index (χ2v) is 5.06. The molecule has 2 rings (SSSR count). The lowest BCUT2D eigenvalue weighted by Crippen LogP contribution is -2.07. The Labute approximate surface area is 113 Å². The van der Waals surface area contributed by atoms with Crippen molar-refractivity contribution in [2.45, 2.75) is 13.0 Å². The zero-order valence-corrected chi connectivity index (χ0v) is 11.2. The van der Waals surface area contributed by atoms with Crippen LogP contribution in [0, 0.1) is 10.1 Å². The first kappa shape index (κ1) is 12.9. The van der Waals surface area contributed by atoms with Crippen LogP contribution < -0.4 is 5.32 Å². The standard InChI is InChI=1S/C12H11ClN2O2S/c1-8(9-4-5-18-7-9)14-11-6-10(13)2-3-12(11)15(16)17/h2-8,14H,1H3. The van der Waals surface area contributed by atoms with Crippen LogP contribution in [-0.4, -0.2) is 4.92 Å². The van der Waals surface area contributed by atoms with Crippen molar-refractivity contribution in [2.24, 2.45) is 0 Å². The summed E-state index contributed by atoms with van der Waals surface area (Å²) < 4.78 is 0. The van der Waals surface area contributed by atoms with Crippen LogP contribution >= 0.6 is 22.9 Å². The van der Waals surface area contributed by atoms with Gasteiger partial charge in [-0.3, -0.25) is 10.1 Å². The molecule has 0 aliphatic rings. The number of benzene rings is 1. The Kier molecular flexibility index (Phi) is 3.84. The van der Waals surface area contributed by atoms with Gasteiger partial charge in [0.25, 0.3) is 5.69 Å². The van der Waals surface area contributed by atoms with Gasteiger partial charge in [-0.1, -0.05) is 11.6 Å². The first-order chi connectivity index (χ1) is 8.58. The lowest BCUT2D eigenvalue weighted by Gasteiger charge is -2.14. The van der Waals surface area contributed by atoms with E-state index in [-0.39, 0.29) is 11.7 Å². The smallest absolute Gasteiger partial charge is 0.292 e. The maximum absolute atomic E-state index is 10.9. The SMILES string of the molecule is CC(Nc1cc(Cl)ccc1[N+](=O)[O-])c1ccsc1. The highest BCUT2D eigenvalue weighted by molar-refractivity contribution is 7.07. The van der Waals surface area contributed by atoms with Crippen molar-refractivity contribution in [3.63, 3.8) is 0 Å². The van der Waals surface area contributed by atoms with Gasteiger partial charge in [0, 0.05) is 17.1 Å². The number of hydrogen-bond acceptors (Lipinski definition) is 4. The maximum Gasteiger partial charge on any atom is 0.292 e. The fraction of sp³-hybridized carbons (Fsp3) is 0.167. The highest BCUT2D eigenvalue weighted by Gasteiger charge is 2.16. The molecule has 0 saturated heterocycles. The van der Waals surface area contributed by atoms with Gasteiger partial charge in [-0.15, -0.1) is 0 Å². The minimum absolute atomic E-state index is 0.00610. The van der Waals surface area contributed by atoms with Crippen LogP contribution in [0.25, 0.3) is 0 Å². The summed E-state index contributed by atoms with van der Waals surface area (Å²) in [7, 11) is 0. The number of nitro groups is 1. The lowest BCUT2D eigenvalue weighted by atomic mass is 10.1. The number of hydrogen-bond donors (Lipinski definition) is 1. The molecule has 1 heterocycles. The molecule has 4 nitrogen and oxygen atoms in total. The molecule has 1 unspecified atom stereocenters. The van der Waals surface area contributed by atoms with Gasteiger partial charge in [0.15, 0.2) is 0 Å². The van der Waals surface area contributed by atoms with Crippen LogP contribution in [0.2, 0.25) is 5.02 Å². The molecular formula is C12H11ClN2O2S. The van der Waals surface area contributed by atoms with Gasteiger partial charge in [0.05, 0.1) is 4.92 Å². The van der Waals surface area contributed by atoms with Gasteiger partial charge in [0.1, 0.15) is 5.69 Å². The largest absolute Gasteiger partial charge is 0.373 e. The number of anilines is 1. The molecular weight excluding hydrogens is 272 g/mol. The quantitative estimate of drug-likeness (QED) is 0.664. The monoisotopic (exact) mass is 282 g/mol. The summed E-state index contributed by atoms with van der Waals surface area (Å²) in [6, 6.07) is 6.47. The van der Waals surface area contributed by atoms with Crippen LogP contribution in [0.15, 0.2) is 35.0 Å². The molecule has 18 heavy (non-hydrogen) atoms. The van der Waals surface area contributed by atoms with E-state index < -0.39 is 4.92 Å². The van der Waals surface area contributed by atoms with Crippen LogP contribution in [0.3, 0.4) is 0 Å². The van der Waals surface area contributed by atoms with E-state index in [4.69, 9.17) is 11.6 Å². The minimum atomic E-state index is -0.418. The van der Waals surface area contributed by atoms with Gasteiger partial charge in [-0.2, -0.15) is 11.3 Å². The summed E-state index contributed by atoms with van der Waals surface area (Å²) in [5.74, 6) is 0. The van der Waals surface area contributed by atoms with Gasteiger partial charge >= 0.3 is 0 Å². The van der Waals surface area contributed by atoms with E-state index in [0.29, 0.717) is 10.7 Å². The Morgan fingerprint density at radius 2 is 2.22 bits per heavy atom. The highest BCUT2D eigenvalue weighted by atomic mass is 35.5. The van der Waals surface area contributed by atoms with E-state index >= 15 is 0 Å². The molecule has 6 heteroatoms. The number of rotatable bonds is 4. The van der Waals surface area contributed by atoms with Gasteiger partial charge in [-0.05, 0) is 41.4 Å².